The van der Waals surface area contributed by atoms with Crippen molar-refractivity contribution in [2.24, 2.45) is 5.41 Å². The van der Waals surface area contributed by atoms with Gasteiger partial charge in [0.1, 0.15) is 18.1 Å². The van der Waals surface area contributed by atoms with Gasteiger partial charge in [0.2, 0.25) is 0 Å². The van der Waals surface area contributed by atoms with Crippen LogP contribution in [0.5, 0.6) is 11.5 Å². The molecule has 2 aromatic carbocycles. The molecule has 174 valence electrons. The summed E-state index contributed by atoms with van der Waals surface area (Å²) in [6, 6.07) is 16.8. The van der Waals surface area contributed by atoms with Crippen LogP contribution in [-0.4, -0.2) is 70.4 Å². The lowest BCUT2D eigenvalue weighted by Crippen LogP contribution is -2.29. The maximum absolute atomic E-state index is 5.79. The van der Waals surface area contributed by atoms with Crippen LogP contribution in [0.15, 0.2) is 48.5 Å². The van der Waals surface area contributed by atoms with Crippen molar-refractivity contribution in [1.29, 1.82) is 0 Å². The number of fused-ring (bicyclic) bond motifs is 1. The first kappa shape index (κ1) is 22.0. The second-order valence-electron chi connectivity index (χ2n) is 9.55. The number of likely N-dealkylation sites (N-methyl/N-ethyl adjacent to an activating group) is 1. The number of methoxy groups -OCH3 is 1. The van der Waals surface area contributed by atoms with E-state index in [1.165, 1.54) is 37.0 Å². The Bertz CT molecular complexity index is 1120. The lowest BCUT2D eigenvalue weighted by Gasteiger charge is -2.26. The lowest BCUT2D eigenvalue weighted by molar-refractivity contribution is 0.312. The minimum absolute atomic E-state index is 0.420. The van der Waals surface area contributed by atoms with Gasteiger partial charge in [0.15, 0.2) is 0 Å². The van der Waals surface area contributed by atoms with E-state index in [0.717, 1.165) is 47.9 Å². The molecule has 0 aliphatic carbocycles. The SMILES string of the molecule is CNCCOc1ccc(-c2cc(N3CCC4(CCN(C)C4)C3)c3ccc(OC)cc3n2)cc1. The number of ether oxygens (including phenoxy) is 2. The van der Waals surface area contributed by atoms with Crippen molar-refractivity contribution in [2.75, 3.05) is 65.4 Å². The third-order valence-electron chi connectivity index (χ3n) is 7.17. The summed E-state index contributed by atoms with van der Waals surface area (Å²) >= 11 is 0. The van der Waals surface area contributed by atoms with Gasteiger partial charge >= 0.3 is 0 Å². The smallest absolute Gasteiger partial charge is 0.121 e. The fourth-order valence-electron chi connectivity index (χ4n) is 5.35. The number of hydrogen-bond donors (Lipinski definition) is 1. The van der Waals surface area contributed by atoms with Gasteiger partial charge in [-0.3, -0.25) is 0 Å². The summed E-state index contributed by atoms with van der Waals surface area (Å²) in [5, 5.41) is 4.29. The van der Waals surface area contributed by atoms with E-state index in [1.807, 2.05) is 31.3 Å². The van der Waals surface area contributed by atoms with Crippen LogP contribution in [0.25, 0.3) is 22.2 Å². The molecule has 1 atom stereocenters. The van der Waals surface area contributed by atoms with Crippen molar-refractivity contribution in [2.45, 2.75) is 12.8 Å². The molecule has 2 saturated heterocycles. The number of benzene rings is 2. The topological polar surface area (TPSA) is 49.9 Å². The molecule has 5 rings (SSSR count). The number of hydrogen-bond acceptors (Lipinski definition) is 6. The molecule has 0 radical (unpaired) electrons. The Labute approximate surface area is 196 Å². The highest BCUT2D eigenvalue weighted by Crippen LogP contribution is 2.43. The molecular weight excluding hydrogens is 412 g/mol. The third-order valence-corrected chi connectivity index (χ3v) is 7.17. The van der Waals surface area contributed by atoms with Crippen molar-refractivity contribution < 1.29 is 9.47 Å². The minimum atomic E-state index is 0.420. The summed E-state index contributed by atoms with van der Waals surface area (Å²) < 4.78 is 11.3. The molecule has 0 saturated carbocycles. The van der Waals surface area contributed by atoms with Gasteiger partial charge in [0.25, 0.3) is 0 Å². The Hall–Kier alpha value is -2.83. The highest BCUT2D eigenvalue weighted by Gasteiger charge is 2.42. The average molecular weight is 447 g/mol. The van der Waals surface area contributed by atoms with E-state index in [2.05, 4.69) is 46.4 Å². The van der Waals surface area contributed by atoms with Crippen LogP contribution in [0.1, 0.15) is 12.8 Å². The van der Waals surface area contributed by atoms with Gasteiger partial charge in [-0.15, -0.1) is 0 Å². The van der Waals surface area contributed by atoms with Crippen LogP contribution in [0.4, 0.5) is 5.69 Å². The van der Waals surface area contributed by atoms with E-state index in [9.17, 15) is 0 Å². The van der Waals surface area contributed by atoms with Crippen LogP contribution >= 0.6 is 0 Å². The minimum Gasteiger partial charge on any atom is -0.497 e. The molecule has 6 heteroatoms. The number of nitrogens with zero attached hydrogens (tertiary/aromatic N) is 3. The quantitative estimate of drug-likeness (QED) is 0.553. The van der Waals surface area contributed by atoms with E-state index in [4.69, 9.17) is 14.5 Å². The second kappa shape index (κ2) is 9.20. The molecule has 1 unspecified atom stereocenters. The fourth-order valence-corrected chi connectivity index (χ4v) is 5.35. The number of rotatable bonds is 7. The standard InChI is InChI=1S/C27H34N4O2/c1-28-12-15-33-21-6-4-20(5-7-21)24-17-26(23-9-8-22(32-3)16-25(23)29-24)31-14-11-27(19-31)10-13-30(2)18-27/h4-9,16-17,28H,10-15,18-19H2,1-3H3. The van der Waals surface area contributed by atoms with Gasteiger partial charge in [-0.05, 0) is 75.9 Å². The summed E-state index contributed by atoms with van der Waals surface area (Å²) in [5.41, 5.74) is 4.75. The highest BCUT2D eigenvalue weighted by molar-refractivity contribution is 5.95. The summed E-state index contributed by atoms with van der Waals surface area (Å²) in [7, 11) is 5.88. The Morgan fingerprint density at radius 3 is 2.52 bits per heavy atom. The molecule has 3 aromatic rings. The van der Waals surface area contributed by atoms with E-state index in [0.29, 0.717) is 12.0 Å². The van der Waals surface area contributed by atoms with Crippen LogP contribution in [-0.2, 0) is 0 Å². The summed E-state index contributed by atoms with van der Waals surface area (Å²) in [5.74, 6) is 1.71. The first-order chi connectivity index (χ1) is 16.1. The summed E-state index contributed by atoms with van der Waals surface area (Å²) in [6.07, 6.45) is 2.55. The Kier molecular flexibility index (Phi) is 6.13. The van der Waals surface area contributed by atoms with Crippen molar-refractivity contribution >= 4 is 16.6 Å². The van der Waals surface area contributed by atoms with Crippen LogP contribution in [0, 0.1) is 5.41 Å². The monoisotopic (exact) mass is 446 g/mol. The van der Waals surface area contributed by atoms with Crippen molar-refractivity contribution in [3.05, 3.63) is 48.5 Å². The molecule has 33 heavy (non-hydrogen) atoms. The average Bonchev–Trinajstić information content (AvgIpc) is 3.43. The fraction of sp³-hybridized carbons (Fsp3) is 0.444. The van der Waals surface area contributed by atoms with Crippen LogP contribution in [0.3, 0.4) is 0 Å². The zero-order valence-electron chi connectivity index (χ0n) is 19.9. The van der Waals surface area contributed by atoms with Crippen molar-refractivity contribution in [3.8, 4) is 22.8 Å². The zero-order chi connectivity index (χ0) is 22.8. The Morgan fingerprint density at radius 2 is 1.79 bits per heavy atom. The molecule has 0 bridgehead atoms. The predicted molar refractivity (Wildman–Crippen MR) is 135 cm³/mol. The van der Waals surface area contributed by atoms with Crippen LogP contribution < -0.4 is 19.7 Å². The molecule has 1 N–H and O–H groups in total. The Morgan fingerprint density at radius 1 is 1.00 bits per heavy atom. The summed E-state index contributed by atoms with van der Waals surface area (Å²) in [4.78, 5) is 10.1. The van der Waals surface area contributed by atoms with E-state index in [1.54, 1.807) is 7.11 Å². The van der Waals surface area contributed by atoms with E-state index >= 15 is 0 Å². The molecule has 2 aliphatic rings. The lowest BCUT2D eigenvalue weighted by atomic mass is 9.86. The molecular formula is C27H34N4O2. The summed E-state index contributed by atoms with van der Waals surface area (Å²) in [6.45, 7) is 6.08. The van der Waals surface area contributed by atoms with Gasteiger partial charge in [0.05, 0.1) is 18.3 Å². The molecule has 0 amide bonds. The number of anilines is 1. The molecule has 1 spiro atoms. The van der Waals surface area contributed by atoms with Crippen molar-refractivity contribution in [1.82, 2.24) is 15.2 Å². The van der Waals surface area contributed by atoms with Gasteiger partial charge < -0.3 is 24.6 Å². The predicted octanol–water partition coefficient (Wildman–Crippen LogP) is 4.04. The Balaban J connectivity index is 1.49. The maximum Gasteiger partial charge on any atom is 0.121 e. The number of nitrogens with one attached hydrogen (secondary N) is 1. The number of aromatic nitrogens is 1. The number of pyridine rings is 1. The molecule has 3 heterocycles. The maximum atomic E-state index is 5.79. The number of likely N-dealkylation sites (tertiary alicyclic amines) is 1. The van der Waals surface area contributed by atoms with Gasteiger partial charge in [0, 0.05) is 54.3 Å². The van der Waals surface area contributed by atoms with E-state index in [-0.39, 0.29) is 0 Å². The van der Waals surface area contributed by atoms with Gasteiger partial charge in [-0.1, -0.05) is 0 Å². The van der Waals surface area contributed by atoms with Gasteiger partial charge in [-0.2, -0.15) is 0 Å². The zero-order valence-corrected chi connectivity index (χ0v) is 19.9. The molecule has 2 fully saturated rings. The van der Waals surface area contributed by atoms with Gasteiger partial charge in [-0.25, -0.2) is 4.98 Å². The molecule has 1 aromatic heterocycles. The third kappa shape index (κ3) is 4.50. The molecule has 2 aliphatic heterocycles. The van der Waals surface area contributed by atoms with Crippen LogP contribution in [0.2, 0.25) is 0 Å². The van der Waals surface area contributed by atoms with Crippen molar-refractivity contribution in [3.63, 3.8) is 0 Å². The second-order valence-corrected chi connectivity index (χ2v) is 9.55. The van der Waals surface area contributed by atoms with E-state index < -0.39 is 0 Å². The first-order valence-corrected chi connectivity index (χ1v) is 11.9. The highest BCUT2D eigenvalue weighted by atomic mass is 16.5. The molecule has 6 nitrogen and oxygen atoms in total. The largest absolute Gasteiger partial charge is 0.497 e. The normalized spacial score (nSPS) is 20.8. The first-order valence-electron chi connectivity index (χ1n) is 11.9.